The van der Waals surface area contributed by atoms with Crippen LogP contribution in [0.4, 0.5) is 0 Å². The monoisotopic (exact) mass is 170 g/mol. The first-order valence-electron chi connectivity index (χ1n) is 3.85. The van der Waals surface area contributed by atoms with E-state index in [9.17, 15) is 5.11 Å². The van der Waals surface area contributed by atoms with Crippen molar-refractivity contribution in [3.8, 4) is 0 Å². The van der Waals surface area contributed by atoms with Crippen molar-refractivity contribution >= 4 is 11.3 Å². The molecule has 0 radical (unpaired) electrons. The average molecular weight is 170 g/mol. The summed E-state index contributed by atoms with van der Waals surface area (Å²) in [6, 6.07) is 4.05. The molecule has 2 heteroatoms. The third-order valence-corrected chi connectivity index (χ3v) is 2.76. The SMILES string of the molecule is Cc1ccc(C(O)C(C)C)s1. The van der Waals surface area contributed by atoms with Crippen LogP contribution in [0, 0.1) is 12.8 Å². The molecule has 62 valence electrons. The highest BCUT2D eigenvalue weighted by Crippen LogP contribution is 2.27. The molecule has 0 saturated carbocycles. The fourth-order valence-electron chi connectivity index (χ4n) is 0.941. The molecular weight excluding hydrogens is 156 g/mol. The lowest BCUT2D eigenvalue weighted by atomic mass is 10.1. The second-order valence-corrected chi connectivity index (χ2v) is 4.46. The van der Waals surface area contributed by atoms with Crippen LogP contribution in [0.1, 0.15) is 29.7 Å². The lowest BCUT2D eigenvalue weighted by molar-refractivity contribution is 0.130. The molecule has 0 fully saturated rings. The van der Waals surface area contributed by atoms with Crippen LogP contribution in [0.5, 0.6) is 0 Å². The highest BCUT2D eigenvalue weighted by molar-refractivity contribution is 7.12. The summed E-state index contributed by atoms with van der Waals surface area (Å²) in [5.74, 6) is 0.313. The van der Waals surface area contributed by atoms with E-state index < -0.39 is 0 Å². The van der Waals surface area contributed by atoms with Gasteiger partial charge in [0.05, 0.1) is 6.10 Å². The van der Waals surface area contributed by atoms with E-state index in [2.05, 4.69) is 6.92 Å². The van der Waals surface area contributed by atoms with Gasteiger partial charge in [-0.3, -0.25) is 0 Å². The van der Waals surface area contributed by atoms with Crippen LogP contribution in [0.3, 0.4) is 0 Å². The van der Waals surface area contributed by atoms with Crippen molar-refractivity contribution in [2.75, 3.05) is 0 Å². The zero-order chi connectivity index (χ0) is 8.43. The number of thiophene rings is 1. The lowest BCUT2D eigenvalue weighted by Gasteiger charge is -2.11. The fourth-order valence-corrected chi connectivity index (χ4v) is 1.98. The number of aliphatic hydroxyl groups is 1. The van der Waals surface area contributed by atoms with Gasteiger partial charge in [-0.05, 0) is 25.0 Å². The number of rotatable bonds is 2. The maximum Gasteiger partial charge on any atom is 0.0904 e. The Morgan fingerprint density at radius 1 is 1.36 bits per heavy atom. The zero-order valence-corrected chi connectivity index (χ0v) is 7.98. The quantitative estimate of drug-likeness (QED) is 0.723. The average Bonchev–Trinajstić information content (AvgIpc) is 2.34. The van der Waals surface area contributed by atoms with E-state index in [0.29, 0.717) is 5.92 Å². The Kier molecular flexibility index (Phi) is 2.68. The van der Waals surface area contributed by atoms with Gasteiger partial charge >= 0.3 is 0 Å². The van der Waals surface area contributed by atoms with Crippen molar-refractivity contribution in [2.45, 2.75) is 26.9 Å². The minimum Gasteiger partial charge on any atom is -0.387 e. The third-order valence-electron chi connectivity index (χ3n) is 1.68. The molecule has 0 aromatic carbocycles. The van der Waals surface area contributed by atoms with Crippen LogP contribution in [0.15, 0.2) is 12.1 Å². The number of hydrogen-bond donors (Lipinski definition) is 1. The third kappa shape index (κ3) is 2.04. The van der Waals surface area contributed by atoms with Crippen LogP contribution >= 0.6 is 11.3 Å². The summed E-state index contributed by atoms with van der Waals surface area (Å²) in [4.78, 5) is 2.34. The second-order valence-electron chi connectivity index (χ2n) is 3.14. The van der Waals surface area contributed by atoms with Crippen LogP contribution in [-0.4, -0.2) is 5.11 Å². The summed E-state index contributed by atoms with van der Waals surface area (Å²) in [5.41, 5.74) is 0. The van der Waals surface area contributed by atoms with Gasteiger partial charge in [-0.15, -0.1) is 11.3 Å². The topological polar surface area (TPSA) is 20.2 Å². The van der Waals surface area contributed by atoms with E-state index in [1.165, 1.54) is 4.88 Å². The summed E-state index contributed by atoms with van der Waals surface area (Å²) in [6.45, 7) is 6.11. The standard InChI is InChI=1S/C9H14OS/c1-6(2)9(10)8-5-4-7(3)11-8/h4-6,9-10H,1-3H3. The van der Waals surface area contributed by atoms with Crippen molar-refractivity contribution in [3.63, 3.8) is 0 Å². The summed E-state index contributed by atoms with van der Waals surface area (Å²) >= 11 is 1.67. The van der Waals surface area contributed by atoms with Crippen LogP contribution in [-0.2, 0) is 0 Å². The predicted octanol–water partition coefficient (Wildman–Crippen LogP) is 2.75. The number of hydrogen-bond acceptors (Lipinski definition) is 2. The minimum atomic E-state index is -0.284. The van der Waals surface area contributed by atoms with Gasteiger partial charge < -0.3 is 5.11 Å². The van der Waals surface area contributed by atoms with Crippen molar-refractivity contribution in [3.05, 3.63) is 21.9 Å². The Balaban J connectivity index is 2.76. The molecule has 1 heterocycles. The highest BCUT2D eigenvalue weighted by Gasteiger charge is 2.12. The Morgan fingerprint density at radius 3 is 2.36 bits per heavy atom. The molecular formula is C9H14OS. The molecule has 1 atom stereocenters. The predicted molar refractivity (Wildman–Crippen MR) is 48.9 cm³/mol. The summed E-state index contributed by atoms with van der Waals surface area (Å²) < 4.78 is 0. The van der Waals surface area contributed by atoms with Gasteiger partial charge in [-0.25, -0.2) is 0 Å². The van der Waals surface area contributed by atoms with Gasteiger partial charge in [0.15, 0.2) is 0 Å². The van der Waals surface area contributed by atoms with Crippen molar-refractivity contribution in [1.29, 1.82) is 0 Å². The minimum absolute atomic E-state index is 0.284. The first-order chi connectivity index (χ1) is 5.11. The van der Waals surface area contributed by atoms with Crippen LogP contribution in [0.2, 0.25) is 0 Å². The Labute approximate surface area is 71.7 Å². The maximum atomic E-state index is 9.62. The second kappa shape index (κ2) is 3.37. The van der Waals surface area contributed by atoms with Gasteiger partial charge in [-0.2, -0.15) is 0 Å². The van der Waals surface area contributed by atoms with E-state index in [1.807, 2.05) is 26.0 Å². The molecule has 1 unspecified atom stereocenters. The largest absolute Gasteiger partial charge is 0.387 e. The molecule has 1 nitrogen and oxygen atoms in total. The Morgan fingerprint density at radius 2 is 2.00 bits per heavy atom. The summed E-state index contributed by atoms with van der Waals surface area (Å²) in [6.07, 6.45) is -0.284. The van der Waals surface area contributed by atoms with Gasteiger partial charge in [0.2, 0.25) is 0 Å². The molecule has 0 spiro atoms. The highest BCUT2D eigenvalue weighted by atomic mass is 32.1. The molecule has 0 aliphatic carbocycles. The maximum absolute atomic E-state index is 9.62. The van der Waals surface area contributed by atoms with Gasteiger partial charge in [0.1, 0.15) is 0 Å². The molecule has 1 aromatic heterocycles. The van der Waals surface area contributed by atoms with E-state index in [0.717, 1.165) is 4.88 Å². The molecule has 0 aliphatic rings. The lowest BCUT2D eigenvalue weighted by Crippen LogP contribution is -2.02. The van der Waals surface area contributed by atoms with Crippen molar-refractivity contribution < 1.29 is 5.11 Å². The molecule has 1 aromatic rings. The summed E-state index contributed by atoms with van der Waals surface area (Å²) in [5, 5.41) is 9.62. The normalized spacial score (nSPS) is 13.9. The number of aryl methyl sites for hydroxylation is 1. The first-order valence-corrected chi connectivity index (χ1v) is 4.67. The molecule has 0 aliphatic heterocycles. The summed E-state index contributed by atoms with van der Waals surface area (Å²) in [7, 11) is 0. The van der Waals surface area contributed by atoms with Crippen LogP contribution < -0.4 is 0 Å². The van der Waals surface area contributed by atoms with Crippen molar-refractivity contribution in [2.24, 2.45) is 5.92 Å². The molecule has 0 amide bonds. The molecule has 11 heavy (non-hydrogen) atoms. The fraction of sp³-hybridized carbons (Fsp3) is 0.556. The van der Waals surface area contributed by atoms with Gasteiger partial charge in [-0.1, -0.05) is 13.8 Å². The molecule has 0 saturated heterocycles. The first kappa shape index (κ1) is 8.75. The van der Waals surface area contributed by atoms with E-state index >= 15 is 0 Å². The van der Waals surface area contributed by atoms with Gasteiger partial charge in [0.25, 0.3) is 0 Å². The van der Waals surface area contributed by atoms with E-state index in [-0.39, 0.29) is 6.10 Å². The van der Waals surface area contributed by atoms with Crippen LogP contribution in [0.25, 0.3) is 0 Å². The Bertz CT molecular complexity index is 227. The molecule has 1 N–H and O–H groups in total. The van der Waals surface area contributed by atoms with E-state index in [4.69, 9.17) is 0 Å². The molecule has 1 rings (SSSR count). The zero-order valence-electron chi connectivity index (χ0n) is 7.16. The molecule has 0 bridgehead atoms. The Hall–Kier alpha value is -0.340. The van der Waals surface area contributed by atoms with E-state index in [1.54, 1.807) is 11.3 Å². The number of aliphatic hydroxyl groups excluding tert-OH is 1. The van der Waals surface area contributed by atoms with Crippen molar-refractivity contribution in [1.82, 2.24) is 0 Å². The smallest absolute Gasteiger partial charge is 0.0904 e. The van der Waals surface area contributed by atoms with Gasteiger partial charge in [0, 0.05) is 9.75 Å².